The topological polar surface area (TPSA) is 58.2 Å². The van der Waals surface area contributed by atoms with Gasteiger partial charge in [-0.25, -0.2) is 0 Å². The smallest absolute Gasteiger partial charge is 0.255 e. The minimum Gasteiger partial charge on any atom is -0.325 e. The fourth-order valence-corrected chi connectivity index (χ4v) is 4.03. The molecule has 30 heavy (non-hydrogen) atoms. The molecule has 3 aromatic carbocycles. The molecule has 1 unspecified atom stereocenters. The molecule has 0 saturated heterocycles. The first-order chi connectivity index (χ1) is 14.5. The van der Waals surface area contributed by atoms with Crippen LogP contribution in [-0.2, 0) is 4.79 Å². The van der Waals surface area contributed by atoms with Crippen LogP contribution in [0.15, 0.2) is 77.7 Å². The largest absolute Gasteiger partial charge is 0.325 e. The maximum atomic E-state index is 12.7. The van der Waals surface area contributed by atoms with E-state index in [-0.39, 0.29) is 17.1 Å². The third-order valence-corrected chi connectivity index (χ3v) is 6.10. The number of amides is 2. The molecular formula is C25H26N2O2S. The molecule has 3 aromatic rings. The van der Waals surface area contributed by atoms with E-state index in [2.05, 4.69) is 10.6 Å². The number of aryl methyl sites for hydroxylation is 2. The van der Waals surface area contributed by atoms with Crippen molar-refractivity contribution < 1.29 is 9.59 Å². The zero-order valence-electron chi connectivity index (χ0n) is 17.4. The van der Waals surface area contributed by atoms with Gasteiger partial charge < -0.3 is 10.6 Å². The number of rotatable bonds is 7. The van der Waals surface area contributed by atoms with Crippen LogP contribution in [0.5, 0.6) is 0 Å². The summed E-state index contributed by atoms with van der Waals surface area (Å²) in [5, 5.41) is 5.71. The molecule has 0 spiro atoms. The quantitative estimate of drug-likeness (QED) is 0.458. The van der Waals surface area contributed by atoms with Gasteiger partial charge in [-0.1, -0.05) is 48.9 Å². The van der Waals surface area contributed by atoms with Gasteiger partial charge in [-0.2, -0.15) is 0 Å². The SMILES string of the molecule is CCC(Sc1cccc(NC(=O)c2ccccc2C)c1)C(=O)Nc1ccc(C)cc1. The molecule has 0 radical (unpaired) electrons. The number of carbonyl (C=O) groups is 2. The molecule has 0 aliphatic carbocycles. The van der Waals surface area contributed by atoms with Crippen LogP contribution < -0.4 is 10.6 Å². The second-order valence-corrected chi connectivity index (χ2v) is 8.44. The number of carbonyl (C=O) groups excluding carboxylic acids is 2. The molecule has 1 atom stereocenters. The number of benzene rings is 3. The Kier molecular flexibility index (Phi) is 7.31. The van der Waals surface area contributed by atoms with Crippen molar-refractivity contribution in [1.29, 1.82) is 0 Å². The van der Waals surface area contributed by atoms with Crippen LogP contribution in [0.1, 0.15) is 34.8 Å². The molecule has 5 heteroatoms. The second-order valence-electron chi connectivity index (χ2n) is 7.17. The minimum atomic E-state index is -0.228. The molecule has 0 aliphatic rings. The molecule has 0 heterocycles. The Morgan fingerprint density at radius 2 is 1.60 bits per heavy atom. The summed E-state index contributed by atoms with van der Waals surface area (Å²) in [6, 6.07) is 22.9. The first kappa shape index (κ1) is 21.7. The maximum absolute atomic E-state index is 12.7. The van der Waals surface area contributed by atoms with Crippen molar-refractivity contribution in [3.05, 3.63) is 89.5 Å². The van der Waals surface area contributed by atoms with Gasteiger partial charge >= 0.3 is 0 Å². The number of nitrogens with one attached hydrogen (secondary N) is 2. The highest BCUT2D eigenvalue weighted by molar-refractivity contribution is 8.00. The van der Waals surface area contributed by atoms with E-state index in [1.165, 1.54) is 11.8 Å². The monoisotopic (exact) mass is 418 g/mol. The Balaban J connectivity index is 1.67. The van der Waals surface area contributed by atoms with E-state index in [0.717, 1.165) is 21.7 Å². The Bertz CT molecular complexity index is 1030. The summed E-state index contributed by atoms with van der Waals surface area (Å²) < 4.78 is 0. The van der Waals surface area contributed by atoms with E-state index in [0.29, 0.717) is 17.7 Å². The van der Waals surface area contributed by atoms with E-state index in [1.54, 1.807) is 0 Å². The van der Waals surface area contributed by atoms with E-state index in [1.807, 2.05) is 93.6 Å². The van der Waals surface area contributed by atoms with Crippen LogP contribution in [0.3, 0.4) is 0 Å². The van der Waals surface area contributed by atoms with Gasteiger partial charge in [0.25, 0.3) is 5.91 Å². The summed E-state index contributed by atoms with van der Waals surface area (Å²) in [7, 11) is 0. The second kappa shape index (κ2) is 10.1. The normalized spacial score (nSPS) is 11.6. The lowest BCUT2D eigenvalue weighted by Gasteiger charge is -2.16. The summed E-state index contributed by atoms with van der Waals surface area (Å²) in [5.74, 6) is -0.167. The van der Waals surface area contributed by atoms with Gasteiger partial charge in [0.2, 0.25) is 5.91 Å². The van der Waals surface area contributed by atoms with E-state index in [4.69, 9.17) is 0 Å². The van der Waals surface area contributed by atoms with Crippen LogP contribution in [0.4, 0.5) is 11.4 Å². The molecule has 0 aromatic heterocycles. The predicted octanol–water partition coefficient (Wildman–Crippen LogP) is 6.07. The van der Waals surface area contributed by atoms with Crippen LogP contribution in [0.25, 0.3) is 0 Å². The summed E-state index contributed by atoms with van der Waals surface area (Å²) in [6.07, 6.45) is 0.697. The highest BCUT2D eigenvalue weighted by atomic mass is 32.2. The number of hydrogen-bond acceptors (Lipinski definition) is 3. The minimum absolute atomic E-state index is 0.0271. The van der Waals surface area contributed by atoms with Gasteiger partial charge in [0.15, 0.2) is 0 Å². The molecular weight excluding hydrogens is 392 g/mol. The van der Waals surface area contributed by atoms with E-state index in [9.17, 15) is 9.59 Å². The maximum Gasteiger partial charge on any atom is 0.255 e. The highest BCUT2D eigenvalue weighted by Crippen LogP contribution is 2.29. The Labute approximate surface area is 182 Å². The van der Waals surface area contributed by atoms with Gasteiger partial charge in [0, 0.05) is 21.8 Å². The fraction of sp³-hybridized carbons (Fsp3) is 0.200. The first-order valence-electron chi connectivity index (χ1n) is 9.97. The molecule has 3 rings (SSSR count). The highest BCUT2D eigenvalue weighted by Gasteiger charge is 2.18. The van der Waals surface area contributed by atoms with Gasteiger partial charge in [-0.15, -0.1) is 11.8 Å². The first-order valence-corrected chi connectivity index (χ1v) is 10.9. The zero-order valence-corrected chi connectivity index (χ0v) is 18.3. The van der Waals surface area contributed by atoms with Crippen LogP contribution in [0.2, 0.25) is 0 Å². The van der Waals surface area contributed by atoms with Crippen LogP contribution in [-0.4, -0.2) is 17.1 Å². The lowest BCUT2D eigenvalue weighted by Crippen LogP contribution is -2.24. The average molecular weight is 419 g/mol. The lowest BCUT2D eigenvalue weighted by molar-refractivity contribution is -0.115. The van der Waals surface area contributed by atoms with Crippen molar-refractivity contribution in [2.45, 2.75) is 37.3 Å². The molecule has 0 bridgehead atoms. The summed E-state index contributed by atoms with van der Waals surface area (Å²) in [5.41, 5.74) is 4.24. The third kappa shape index (κ3) is 5.74. The van der Waals surface area contributed by atoms with E-state index < -0.39 is 0 Å². The van der Waals surface area contributed by atoms with Crippen molar-refractivity contribution in [1.82, 2.24) is 0 Å². The average Bonchev–Trinajstić information content (AvgIpc) is 2.74. The van der Waals surface area contributed by atoms with Gasteiger partial charge in [0.1, 0.15) is 0 Å². The standard InChI is InChI=1S/C25H26N2O2S/c1-4-23(25(29)26-19-14-12-17(2)13-15-19)30-21-10-7-9-20(16-21)27-24(28)22-11-6-5-8-18(22)3/h5-16,23H,4H2,1-3H3,(H,26,29)(H,27,28). The zero-order chi connectivity index (χ0) is 21.5. The third-order valence-electron chi connectivity index (χ3n) is 4.74. The summed E-state index contributed by atoms with van der Waals surface area (Å²) >= 11 is 1.50. The summed E-state index contributed by atoms with van der Waals surface area (Å²) in [6.45, 7) is 5.93. The van der Waals surface area contributed by atoms with Crippen molar-refractivity contribution in [3.63, 3.8) is 0 Å². The lowest BCUT2D eigenvalue weighted by atomic mass is 10.1. The summed E-state index contributed by atoms with van der Waals surface area (Å²) in [4.78, 5) is 26.2. The molecule has 0 aliphatic heterocycles. The van der Waals surface area contributed by atoms with Crippen molar-refractivity contribution in [2.75, 3.05) is 10.6 Å². The molecule has 4 nitrogen and oxygen atoms in total. The van der Waals surface area contributed by atoms with Crippen molar-refractivity contribution >= 4 is 35.0 Å². The van der Waals surface area contributed by atoms with Gasteiger partial charge in [-0.3, -0.25) is 9.59 Å². The fourth-order valence-electron chi connectivity index (χ4n) is 3.02. The van der Waals surface area contributed by atoms with E-state index >= 15 is 0 Å². The van der Waals surface area contributed by atoms with Crippen LogP contribution in [0, 0.1) is 13.8 Å². The number of thioether (sulfide) groups is 1. The molecule has 2 N–H and O–H groups in total. The van der Waals surface area contributed by atoms with Crippen molar-refractivity contribution in [2.24, 2.45) is 0 Å². The molecule has 0 fully saturated rings. The number of hydrogen-bond donors (Lipinski definition) is 2. The molecule has 154 valence electrons. The number of anilines is 2. The van der Waals surface area contributed by atoms with Crippen molar-refractivity contribution in [3.8, 4) is 0 Å². The Hall–Kier alpha value is -3.05. The predicted molar refractivity (Wildman–Crippen MR) is 125 cm³/mol. The van der Waals surface area contributed by atoms with Gasteiger partial charge in [0.05, 0.1) is 5.25 Å². The Morgan fingerprint density at radius 3 is 2.30 bits per heavy atom. The molecule has 2 amide bonds. The van der Waals surface area contributed by atoms with Crippen LogP contribution >= 0.6 is 11.8 Å². The molecule has 0 saturated carbocycles. The Morgan fingerprint density at radius 1 is 0.867 bits per heavy atom. The van der Waals surface area contributed by atoms with Gasteiger partial charge in [-0.05, 0) is 62.2 Å².